The lowest BCUT2D eigenvalue weighted by Gasteiger charge is -2.16. The quantitative estimate of drug-likeness (QED) is 0.835. The van der Waals surface area contributed by atoms with Gasteiger partial charge >= 0.3 is 0 Å². The predicted molar refractivity (Wildman–Crippen MR) is 81.1 cm³/mol. The fourth-order valence-corrected chi connectivity index (χ4v) is 2.82. The van der Waals surface area contributed by atoms with Crippen LogP contribution in [0.5, 0.6) is 0 Å². The molecule has 0 aromatic rings. The van der Waals surface area contributed by atoms with Gasteiger partial charge in [0.1, 0.15) is 0 Å². The van der Waals surface area contributed by atoms with E-state index < -0.39 is 0 Å². The van der Waals surface area contributed by atoms with Crippen LogP contribution in [-0.4, -0.2) is 37.0 Å². The average Bonchev–Trinajstić information content (AvgIpc) is 2.85. The second-order valence-electron chi connectivity index (χ2n) is 7.27. The highest BCUT2D eigenvalue weighted by Gasteiger charge is 2.36. The van der Waals surface area contributed by atoms with E-state index in [0.717, 1.165) is 38.0 Å². The first-order chi connectivity index (χ1) is 8.83. The third-order valence-corrected chi connectivity index (χ3v) is 4.12. The summed E-state index contributed by atoms with van der Waals surface area (Å²) in [5.41, 5.74) is 0.552. The van der Waals surface area contributed by atoms with Crippen molar-refractivity contribution < 1.29 is 4.79 Å². The zero-order valence-electron chi connectivity index (χ0n) is 13.5. The number of hydrogen-bond acceptors (Lipinski definition) is 2. The van der Waals surface area contributed by atoms with Crippen molar-refractivity contribution in [2.75, 3.05) is 26.2 Å². The van der Waals surface area contributed by atoms with Gasteiger partial charge in [-0.3, -0.25) is 4.79 Å². The van der Waals surface area contributed by atoms with Gasteiger partial charge in [0.15, 0.2) is 0 Å². The summed E-state index contributed by atoms with van der Waals surface area (Å²) in [6.07, 6.45) is 4.07. The third-order valence-electron chi connectivity index (χ3n) is 4.12. The molecule has 2 heterocycles. The van der Waals surface area contributed by atoms with E-state index in [2.05, 4.69) is 33.0 Å². The number of fused-ring (bicyclic) bond motifs is 1. The van der Waals surface area contributed by atoms with Gasteiger partial charge in [0.2, 0.25) is 5.91 Å². The van der Waals surface area contributed by atoms with E-state index in [9.17, 15) is 4.79 Å². The summed E-state index contributed by atoms with van der Waals surface area (Å²) in [5, 5.41) is 3.35. The van der Waals surface area contributed by atoms with Crippen LogP contribution in [0.4, 0.5) is 0 Å². The number of rotatable bonds is 2. The zero-order valence-corrected chi connectivity index (χ0v) is 13.5. The van der Waals surface area contributed by atoms with Crippen molar-refractivity contribution in [3.8, 4) is 0 Å². The number of likely N-dealkylation sites (tertiary alicyclic amines) is 1. The maximum atomic E-state index is 11.0. The molecule has 2 atom stereocenters. The van der Waals surface area contributed by atoms with Gasteiger partial charge < -0.3 is 10.2 Å². The standard InChI is InChI=1S/C8H14N2O.C8H18/c1-6(11)10-4-7-2-9-3-8(7)5-10;1-5-6-7-8(2,3)4/h7-9H,2-5H2,1H3;5-7H2,1-4H3. The molecule has 1 N–H and O–H groups in total. The van der Waals surface area contributed by atoms with Crippen molar-refractivity contribution in [2.45, 2.75) is 53.9 Å². The van der Waals surface area contributed by atoms with Crippen LogP contribution in [0.2, 0.25) is 0 Å². The van der Waals surface area contributed by atoms with Crippen LogP contribution < -0.4 is 5.32 Å². The molecule has 2 rings (SSSR count). The Labute approximate surface area is 119 Å². The maximum absolute atomic E-state index is 11.0. The molecule has 0 aromatic heterocycles. The normalized spacial score (nSPS) is 25.8. The van der Waals surface area contributed by atoms with Crippen LogP contribution in [0.1, 0.15) is 53.9 Å². The lowest BCUT2D eigenvalue weighted by atomic mass is 9.90. The first kappa shape index (κ1) is 16.5. The van der Waals surface area contributed by atoms with E-state index in [0.29, 0.717) is 5.41 Å². The fourth-order valence-electron chi connectivity index (χ4n) is 2.82. The Balaban J connectivity index is 0.000000203. The lowest BCUT2D eigenvalue weighted by molar-refractivity contribution is -0.128. The van der Waals surface area contributed by atoms with Gasteiger partial charge in [-0.2, -0.15) is 0 Å². The summed E-state index contributed by atoms with van der Waals surface area (Å²) in [7, 11) is 0. The Morgan fingerprint density at radius 2 is 1.74 bits per heavy atom. The van der Waals surface area contributed by atoms with Crippen LogP contribution in [0, 0.1) is 17.3 Å². The van der Waals surface area contributed by atoms with Gasteiger partial charge in [0.25, 0.3) is 0 Å². The molecule has 0 aromatic carbocycles. The monoisotopic (exact) mass is 268 g/mol. The van der Waals surface area contributed by atoms with Gasteiger partial charge in [0.05, 0.1) is 0 Å². The van der Waals surface area contributed by atoms with E-state index in [1.807, 2.05) is 4.90 Å². The molecule has 0 saturated carbocycles. The molecule has 3 nitrogen and oxygen atoms in total. The first-order valence-corrected chi connectivity index (χ1v) is 7.79. The Morgan fingerprint density at radius 3 is 2.05 bits per heavy atom. The summed E-state index contributed by atoms with van der Waals surface area (Å²) in [4.78, 5) is 13.0. The first-order valence-electron chi connectivity index (χ1n) is 7.79. The second-order valence-corrected chi connectivity index (χ2v) is 7.27. The molecule has 3 heteroatoms. The summed E-state index contributed by atoms with van der Waals surface area (Å²) in [6.45, 7) is 15.0. The Morgan fingerprint density at radius 1 is 1.21 bits per heavy atom. The fraction of sp³-hybridized carbons (Fsp3) is 0.938. The number of hydrogen-bond donors (Lipinski definition) is 1. The van der Waals surface area contributed by atoms with E-state index in [1.54, 1.807) is 6.92 Å². The third kappa shape index (κ3) is 5.94. The van der Waals surface area contributed by atoms with Crippen LogP contribution in [0.15, 0.2) is 0 Å². The molecule has 1 amide bonds. The predicted octanol–water partition coefficient (Wildman–Crippen LogP) is 2.91. The zero-order chi connectivity index (χ0) is 14.5. The molecule has 2 fully saturated rings. The Bertz CT molecular complexity index is 271. The van der Waals surface area contributed by atoms with Crippen LogP contribution in [0.3, 0.4) is 0 Å². The van der Waals surface area contributed by atoms with Gasteiger partial charge in [-0.05, 0) is 23.7 Å². The number of nitrogens with zero attached hydrogens (tertiary/aromatic N) is 1. The minimum absolute atomic E-state index is 0.236. The average molecular weight is 268 g/mol. The van der Waals surface area contributed by atoms with Crippen molar-refractivity contribution >= 4 is 5.91 Å². The van der Waals surface area contributed by atoms with Gasteiger partial charge in [-0.25, -0.2) is 0 Å². The Hall–Kier alpha value is -0.570. The molecular formula is C16H32N2O. The number of carbonyl (C=O) groups is 1. The number of nitrogens with one attached hydrogen (secondary N) is 1. The highest BCUT2D eigenvalue weighted by molar-refractivity contribution is 5.73. The molecule has 19 heavy (non-hydrogen) atoms. The summed E-state index contributed by atoms with van der Waals surface area (Å²) in [5.74, 6) is 1.71. The lowest BCUT2D eigenvalue weighted by Crippen LogP contribution is -2.29. The van der Waals surface area contributed by atoms with Crippen molar-refractivity contribution in [1.82, 2.24) is 10.2 Å². The van der Waals surface area contributed by atoms with Gasteiger partial charge in [-0.1, -0.05) is 40.5 Å². The minimum atomic E-state index is 0.236. The van der Waals surface area contributed by atoms with E-state index >= 15 is 0 Å². The number of amides is 1. The molecule has 2 saturated heterocycles. The van der Waals surface area contributed by atoms with Crippen molar-refractivity contribution in [3.63, 3.8) is 0 Å². The number of carbonyl (C=O) groups excluding carboxylic acids is 1. The smallest absolute Gasteiger partial charge is 0.219 e. The highest BCUT2D eigenvalue weighted by atomic mass is 16.2. The summed E-state index contributed by atoms with van der Waals surface area (Å²) >= 11 is 0. The molecule has 2 unspecified atom stereocenters. The number of unbranched alkanes of at least 4 members (excludes halogenated alkanes) is 1. The highest BCUT2D eigenvalue weighted by Crippen LogP contribution is 2.25. The molecule has 0 spiro atoms. The van der Waals surface area contributed by atoms with Crippen molar-refractivity contribution in [3.05, 3.63) is 0 Å². The molecule has 2 aliphatic heterocycles. The SMILES string of the molecule is CC(=O)N1CC2CNCC2C1.CCCCC(C)(C)C. The summed E-state index contributed by atoms with van der Waals surface area (Å²) in [6, 6.07) is 0. The van der Waals surface area contributed by atoms with Crippen molar-refractivity contribution in [2.24, 2.45) is 17.3 Å². The van der Waals surface area contributed by atoms with Crippen LogP contribution in [0.25, 0.3) is 0 Å². The van der Waals surface area contributed by atoms with Crippen LogP contribution in [-0.2, 0) is 4.79 Å². The minimum Gasteiger partial charge on any atom is -0.342 e. The molecule has 112 valence electrons. The topological polar surface area (TPSA) is 32.3 Å². The maximum Gasteiger partial charge on any atom is 0.219 e. The van der Waals surface area contributed by atoms with E-state index in [4.69, 9.17) is 0 Å². The van der Waals surface area contributed by atoms with E-state index in [1.165, 1.54) is 19.3 Å². The van der Waals surface area contributed by atoms with Gasteiger partial charge in [-0.15, -0.1) is 0 Å². The second kappa shape index (κ2) is 7.28. The summed E-state index contributed by atoms with van der Waals surface area (Å²) < 4.78 is 0. The van der Waals surface area contributed by atoms with Crippen molar-refractivity contribution in [1.29, 1.82) is 0 Å². The largest absolute Gasteiger partial charge is 0.342 e. The molecule has 2 aliphatic rings. The molecule has 0 radical (unpaired) electrons. The van der Waals surface area contributed by atoms with Gasteiger partial charge in [0, 0.05) is 33.1 Å². The molecule has 0 aliphatic carbocycles. The Kier molecular flexibility index (Phi) is 6.31. The molecular weight excluding hydrogens is 236 g/mol. The van der Waals surface area contributed by atoms with E-state index in [-0.39, 0.29) is 5.91 Å². The van der Waals surface area contributed by atoms with Crippen LogP contribution >= 0.6 is 0 Å². The molecule has 0 bridgehead atoms.